The third kappa shape index (κ3) is 4.50. The molecule has 0 bridgehead atoms. The summed E-state index contributed by atoms with van der Waals surface area (Å²) in [5.74, 6) is 1.97. The van der Waals surface area contributed by atoms with E-state index in [-0.39, 0.29) is 0 Å². The minimum Gasteiger partial charge on any atom is -0.309 e. The smallest absolute Gasteiger partial charge is 0.165 e. The normalized spacial score (nSPS) is 11.8. The number of thiophene rings is 1. The van der Waals surface area contributed by atoms with E-state index in [0.717, 1.165) is 33.2 Å². The summed E-state index contributed by atoms with van der Waals surface area (Å²) in [5, 5.41) is 9.69. The predicted molar refractivity (Wildman–Crippen MR) is 218 cm³/mol. The van der Waals surface area contributed by atoms with E-state index in [0.29, 0.717) is 17.5 Å². The van der Waals surface area contributed by atoms with E-state index in [1.807, 2.05) is 0 Å². The van der Waals surface area contributed by atoms with Gasteiger partial charge < -0.3 is 4.57 Å². The Hall–Kier alpha value is -6.69. The number of aromatic nitrogens is 4. The van der Waals surface area contributed by atoms with Crippen molar-refractivity contribution >= 4 is 74.9 Å². The first-order valence-corrected chi connectivity index (χ1v) is 18.3. The van der Waals surface area contributed by atoms with Gasteiger partial charge in [0.1, 0.15) is 0 Å². The number of fused-ring (bicyclic) bond motifs is 8. The molecule has 11 aromatic rings. The highest BCUT2D eigenvalue weighted by Crippen LogP contribution is 2.40. The average Bonchev–Trinajstić information content (AvgIpc) is 3.75. The zero-order valence-corrected chi connectivity index (χ0v) is 28.7. The van der Waals surface area contributed by atoms with Crippen LogP contribution in [0.2, 0.25) is 0 Å². The summed E-state index contributed by atoms with van der Waals surface area (Å²) in [7, 11) is 0. The van der Waals surface area contributed by atoms with Gasteiger partial charge in [0.2, 0.25) is 0 Å². The fourth-order valence-electron chi connectivity index (χ4n) is 7.78. The molecule has 0 spiro atoms. The van der Waals surface area contributed by atoms with Gasteiger partial charge in [-0.3, -0.25) is 0 Å². The lowest BCUT2D eigenvalue weighted by Gasteiger charge is -2.12. The lowest BCUT2D eigenvalue weighted by atomic mass is 10.0. The molecule has 0 radical (unpaired) electrons. The molecule has 0 N–H and O–H groups in total. The molecule has 3 heterocycles. The standard InChI is InChI=1S/C47H28N4S/c1-2-13-32-28-42-40(27-31(32)12-1)35-16-5-7-21-41(35)51(42)33-25-23-30(24-26-33)45-48-46(38-19-9-14-29-11-3-4-15-34(29)38)50-47(49-45)39-20-10-18-37-36-17-6-8-22-43(36)52-44(37)39/h1-28H. The Balaban J connectivity index is 1.11. The van der Waals surface area contributed by atoms with Crippen molar-refractivity contribution in [3.05, 3.63) is 170 Å². The Morgan fingerprint density at radius 3 is 1.83 bits per heavy atom. The van der Waals surface area contributed by atoms with Gasteiger partial charge in [-0.1, -0.05) is 115 Å². The molecule has 8 aromatic carbocycles. The van der Waals surface area contributed by atoms with Gasteiger partial charge in [0.15, 0.2) is 17.5 Å². The van der Waals surface area contributed by atoms with E-state index in [1.54, 1.807) is 11.3 Å². The summed E-state index contributed by atoms with van der Waals surface area (Å²) < 4.78 is 4.80. The molecule has 0 aliphatic heterocycles. The third-order valence-electron chi connectivity index (χ3n) is 10.2. The van der Waals surface area contributed by atoms with E-state index in [9.17, 15) is 0 Å². The van der Waals surface area contributed by atoms with Crippen LogP contribution in [-0.2, 0) is 0 Å². The first kappa shape index (κ1) is 29.1. The first-order valence-electron chi connectivity index (χ1n) is 17.4. The first-order chi connectivity index (χ1) is 25.8. The zero-order chi connectivity index (χ0) is 34.2. The SMILES string of the molecule is c1ccc2cc3c(cc2c1)c1ccccc1n3-c1ccc(-c2nc(-c3cccc4ccccc34)nc(-c3cccc4c3sc3ccccc34)n2)cc1. The minimum atomic E-state index is 0.644. The van der Waals surface area contributed by atoms with E-state index in [4.69, 9.17) is 15.0 Å². The highest BCUT2D eigenvalue weighted by atomic mass is 32.1. The van der Waals surface area contributed by atoms with Gasteiger partial charge >= 0.3 is 0 Å². The van der Waals surface area contributed by atoms with Crippen molar-refractivity contribution in [3.8, 4) is 39.9 Å². The molecule has 52 heavy (non-hydrogen) atoms. The van der Waals surface area contributed by atoms with Crippen molar-refractivity contribution in [2.24, 2.45) is 0 Å². The molecule has 3 aromatic heterocycles. The van der Waals surface area contributed by atoms with Crippen LogP contribution in [0.5, 0.6) is 0 Å². The van der Waals surface area contributed by atoms with Crippen molar-refractivity contribution < 1.29 is 0 Å². The predicted octanol–water partition coefficient (Wildman–Crippen LogP) is 12.6. The second-order valence-electron chi connectivity index (χ2n) is 13.2. The van der Waals surface area contributed by atoms with Crippen LogP contribution in [0.15, 0.2) is 170 Å². The van der Waals surface area contributed by atoms with Gasteiger partial charge in [-0.2, -0.15) is 0 Å². The van der Waals surface area contributed by atoms with Gasteiger partial charge in [-0.15, -0.1) is 11.3 Å². The van der Waals surface area contributed by atoms with Gasteiger partial charge in [0.25, 0.3) is 0 Å². The van der Waals surface area contributed by atoms with Gasteiger partial charge in [0, 0.05) is 53.3 Å². The van der Waals surface area contributed by atoms with Crippen molar-refractivity contribution in [2.75, 3.05) is 0 Å². The van der Waals surface area contributed by atoms with E-state index in [2.05, 4.69) is 174 Å². The van der Waals surface area contributed by atoms with E-state index in [1.165, 1.54) is 52.8 Å². The highest BCUT2D eigenvalue weighted by molar-refractivity contribution is 7.26. The van der Waals surface area contributed by atoms with Gasteiger partial charge in [-0.25, -0.2) is 15.0 Å². The van der Waals surface area contributed by atoms with Crippen LogP contribution in [-0.4, -0.2) is 19.5 Å². The molecule has 242 valence electrons. The lowest BCUT2D eigenvalue weighted by Crippen LogP contribution is -2.01. The minimum absolute atomic E-state index is 0.644. The van der Waals surface area contributed by atoms with Crippen molar-refractivity contribution in [1.29, 1.82) is 0 Å². The van der Waals surface area contributed by atoms with Crippen LogP contribution in [0.4, 0.5) is 0 Å². The molecular weight excluding hydrogens is 653 g/mol. The summed E-state index contributed by atoms with van der Waals surface area (Å²) >= 11 is 1.79. The highest BCUT2D eigenvalue weighted by Gasteiger charge is 2.18. The van der Waals surface area contributed by atoms with Crippen LogP contribution in [0.1, 0.15) is 0 Å². The third-order valence-corrected chi connectivity index (χ3v) is 11.5. The molecule has 0 fully saturated rings. The number of benzene rings is 8. The van der Waals surface area contributed by atoms with E-state index >= 15 is 0 Å². The average molecular weight is 681 g/mol. The Labute approximate surface area is 302 Å². The summed E-state index contributed by atoms with van der Waals surface area (Å²) in [6.45, 7) is 0. The molecule has 0 aliphatic carbocycles. The largest absolute Gasteiger partial charge is 0.309 e. The Kier molecular flexibility index (Phi) is 6.39. The second-order valence-corrected chi connectivity index (χ2v) is 14.3. The van der Waals surface area contributed by atoms with Crippen LogP contribution in [0.3, 0.4) is 0 Å². The number of rotatable bonds is 4. The fraction of sp³-hybridized carbons (Fsp3) is 0. The van der Waals surface area contributed by atoms with Crippen molar-refractivity contribution in [2.45, 2.75) is 0 Å². The summed E-state index contributed by atoms with van der Waals surface area (Å²) in [6.07, 6.45) is 0. The molecule has 5 heteroatoms. The maximum atomic E-state index is 5.20. The molecule has 0 saturated carbocycles. The molecule has 0 saturated heterocycles. The van der Waals surface area contributed by atoms with Crippen LogP contribution < -0.4 is 0 Å². The van der Waals surface area contributed by atoms with Gasteiger partial charge in [0.05, 0.1) is 11.0 Å². The van der Waals surface area contributed by atoms with E-state index < -0.39 is 0 Å². The zero-order valence-electron chi connectivity index (χ0n) is 27.9. The lowest BCUT2D eigenvalue weighted by molar-refractivity contribution is 1.08. The quantitative estimate of drug-likeness (QED) is 0.186. The Morgan fingerprint density at radius 1 is 0.385 bits per heavy atom. The van der Waals surface area contributed by atoms with Crippen LogP contribution >= 0.6 is 11.3 Å². The molecule has 4 nitrogen and oxygen atoms in total. The number of hydrogen-bond donors (Lipinski definition) is 0. The molecular formula is C47H28N4S. The number of hydrogen-bond acceptors (Lipinski definition) is 4. The number of para-hydroxylation sites is 1. The monoisotopic (exact) mass is 680 g/mol. The maximum Gasteiger partial charge on any atom is 0.165 e. The number of nitrogens with zero attached hydrogens (tertiary/aromatic N) is 4. The van der Waals surface area contributed by atoms with Crippen LogP contribution in [0, 0.1) is 0 Å². The summed E-state index contributed by atoms with van der Waals surface area (Å²) in [4.78, 5) is 15.6. The summed E-state index contributed by atoms with van der Waals surface area (Å²) in [5.41, 5.74) is 6.38. The Bertz CT molecular complexity index is 3190. The van der Waals surface area contributed by atoms with Crippen molar-refractivity contribution in [3.63, 3.8) is 0 Å². The van der Waals surface area contributed by atoms with Crippen molar-refractivity contribution in [1.82, 2.24) is 19.5 Å². The topological polar surface area (TPSA) is 43.6 Å². The summed E-state index contributed by atoms with van der Waals surface area (Å²) in [6, 6.07) is 60.3. The fourth-order valence-corrected chi connectivity index (χ4v) is 8.99. The second kappa shape index (κ2) is 11.4. The molecule has 0 aliphatic rings. The molecule has 0 unspecified atom stereocenters. The molecule has 0 atom stereocenters. The maximum absolute atomic E-state index is 5.20. The Morgan fingerprint density at radius 2 is 0.981 bits per heavy atom. The van der Waals surface area contributed by atoms with Gasteiger partial charge in [-0.05, 0) is 76.1 Å². The van der Waals surface area contributed by atoms with Crippen LogP contribution in [0.25, 0.3) is 103 Å². The molecule has 0 amide bonds. The molecule has 11 rings (SSSR count).